The van der Waals surface area contributed by atoms with Gasteiger partial charge in [0.2, 0.25) is 5.91 Å². The van der Waals surface area contributed by atoms with Crippen molar-refractivity contribution in [2.45, 2.75) is 398 Å². The SMILES string of the molecule is CCCCCCCC/C=C\CCCCCCCC(=O)OCCCCCCCCCC/C=C\CCCCCCCCCC(=O)NC(CO)C(O)CCCCCCCCCCCCCCCCCCCCCCCCCCC. The monoisotopic (exact) mass is 1070 g/mol. The molecule has 450 valence electrons. The summed E-state index contributed by atoms with van der Waals surface area (Å²) in [5.41, 5.74) is 0. The Kier molecular flexibility index (Phi) is 64.4. The van der Waals surface area contributed by atoms with Crippen molar-refractivity contribution in [3.8, 4) is 0 Å². The fraction of sp³-hybridized carbons (Fsp3) is 0.914. The van der Waals surface area contributed by atoms with E-state index in [0.717, 1.165) is 44.9 Å². The number of esters is 1. The molecule has 0 spiro atoms. The number of hydrogen-bond acceptors (Lipinski definition) is 5. The summed E-state index contributed by atoms with van der Waals surface area (Å²) in [5, 5.41) is 23.4. The van der Waals surface area contributed by atoms with Crippen LogP contribution in [0.15, 0.2) is 24.3 Å². The molecular weight excluding hydrogens is 935 g/mol. The summed E-state index contributed by atoms with van der Waals surface area (Å²) in [6.45, 7) is 4.97. The molecule has 0 aromatic rings. The summed E-state index contributed by atoms with van der Waals surface area (Å²) in [5.74, 6) is -0.0432. The van der Waals surface area contributed by atoms with Crippen LogP contribution in [0.2, 0.25) is 0 Å². The molecule has 0 heterocycles. The topological polar surface area (TPSA) is 95.9 Å². The Balaban J connectivity index is 3.43. The fourth-order valence-electron chi connectivity index (χ4n) is 10.9. The Labute approximate surface area is 475 Å². The van der Waals surface area contributed by atoms with E-state index in [1.165, 1.54) is 308 Å². The summed E-state index contributed by atoms with van der Waals surface area (Å²) in [7, 11) is 0. The molecule has 2 unspecified atom stereocenters. The molecule has 0 saturated heterocycles. The lowest BCUT2D eigenvalue weighted by Crippen LogP contribution is -2.45. The molecule has 0 radical (unpaired) electrons. The molecular formula is C70H135NO5. The molecule has 3 N–H and O–H groups in total. The second kappa shape index (κ2) is 65.9. The van der Waals surface area contributed by atoms with Crippen LogP contribution in [0.25, 0.3) is 0 Å². The minimum absolute atomic E-state index is 0.00292. The van der Waals surface area contributed by atoms with Crippen molar-refractivity contribution in [3.63, 3.8) is 0 Å². The highest BCUT2D eigenvalue weighted by molar-refractivity contribution is 5.76. The maximum atomic E-state index is 12.5. The normalized spacial score (nSPS) is 12.6. The van der Waals surface area contributed by atoms with Crippen molar-refractivity contribution in [1.82, 2.24) is 5.32 Å². The van der Waals surface area contributed by atoms with E-state index in [0.29, 0.717) is 25.9 Å². The molecule has 0 aliphatic heterocycles. The van der Waals surface area contributed by atoms with Gasteiger partial charge in [-0.25, -0.2) is 0 Å². The van der Waals surface area contributed by atoms with Gasteiger partial charge in [-0.1, -0.05) is 321 Å². The van der Waals surface area contributed by atoms with E-state index in [2.05, 4.69) is 43.5 Å². The number of allylic oxidation sites excluding steroid dienone is 4. The second-order valence-electron chi connectivity index (χ2n) is 23.9. The van der Waals surface area contributed by atoms with E-state index in [1.54, 1.807) is 0 Å². The molecule has 0 aliphatic carbocycles. The van der Waals surface area contributed by atoms with Crippen molar-refractivity contribution in [3.05, 3.63) is 24.3 Å². The third-order valence-electron chi connectivity index (χ3n) is 16.2. The van der Waals surface area contributed by atoms with E-state index in [9.17, 15) is 19.8 Å². The Morgan fingerprint density at radius 1 is 0.355 bits per heavy atom. The van der Waals surface area contributed by atoms with Gasteiger partial charge in [-0.2, -0.15) is 0 Å². The van der Waals surface area contributed by atoms with Gasteiger partial charge in [0.1, 0.15) is 0 Å². The van der Waals surface area contributed by atoms with E-state index in [-0.39, 0.29) is 18.5 Å². The first kappa shape index (κ1) is 74.3. The van der Waals surface area contributed by atoms with Gasteiger partial charge < -0.3 is 20.3 Å². The van der Waals surface area contributed by atoms with Crippen molar-refractivity contribution in [2.24, 2.45) is 0 Å². The number of hydrogen-bond donors (Lipinski definition) is 3. The zero-order chi connectivity index (χ0) is 55.0. The van der Waals surface area contributed by atoms with Gasteiger partial charge in [-0.3, -0.25) is 9.59 Å². The highest BCUT2D eigenvalue weighted by atomic mass is 16.5. The van der Waals surface area contributed by atoms with Gasteiger partial charge in [-0.05, 0) is 77.0 Å². The predicted octanol–water partition coefficient (Wildman–Crippen LogP) is 22.1. The molecule has 0 aromatic heterocycles. The zero-order valence-electron chi connectivity index (χ0n) is 51.5. The molecule has 0 aromatic carbocycles. The first-order valence-electron chi connectivity index (χ1n) is 34.6. The summed E-state index contributed by atoms with van der Waals surface area (Å²) >= 11 is 0. The average molecular weight is 1070 g/mol. The number of nitrogens with one attached hydrogen (secondary N) is 1. The van der Waals surface area contributed by atoms with E-state index < -0.39 is 12.1 Å². The molecule has 0 bridgehead atoms. The van der Waals surface area contributed by atoms with Crippen LogP contribution in [-0.4, -0.2) is 47.4 Å². The van der Waals surface area contributed by atoms with Crippen molar-refractivity contribution >= 4 is 11.9 Å². The molecule has 76 heavy (non-hydrogen) atoms. The molecule has 0 aliphatic rings. The molecule has 1 amide bonds. The Hall–Kier alpha value is -1.66. The van der Waals surface area contributed by atoms with Gasteiger partial charge in [0.15, 0.2) is 0 Å². The summed E-state index contributed by atoms with van der Waals surface area (Å²) < 4.78 is 5.48. The standard InChI is InChI=1S/C70H135NO5/c1-3-5-7-9-11-13-15-17-19-20-21-22-23-24-25-26-28-31-35-38-42-46-50-54-58-62-68(73)67(66-72)71-69(74)63-59-55-51-47-43-39-36-32-29-27-30-33-37-41-45-49-53-57-61-65-76-70(75)64-60-56-52-48-44-40-34-18-16-14-12-10-8-6-4-2/h18,27,29,34,67-68,72-73H,3-17,19-26,28,30-33,35-66H2,1-2H3,(H,71,74)/b29-27-,34-18-. The smallest absolute Gasteiger partial charge is 0.305 e. The largest absolute Gasteiger partial charge is 0.466 e. The number of carbonyl (C=O) groups excluding carboxylic acids is 2. The van der Waals surface area contributed by atoms with Gasteiger partial charge in [-0.15, -0.1) is 0 Å². The van der Waals surface area contributed by atoms with Crippen LogP contribution in [0.4, 0.5) is 0 Å². The lowest BCUT2D eigenvalue weighted by atomic mass is 10.0. The molecule has 6 heteroatoms. The number of carbonyl (C=O) groups is 2. The third-order valence-corrected chi connectivity index (χ3v) is 16.2. The van der Waals surface area contributed by atoms with Crippen LogP contribution in [-0.2, 0) is 14.3 Å². The van der Waals surface area contributed by atoms with Crippen molar-refractivity contribution in [1.29, 1.82) is 0 Å². The summed E-state index contributed by atoms with van der Waals surface area (Å²) in [6, 6.07) is -0.550. The average Bonchev–Trinajstić information content (AvgIpc) is 3.42. The zero-order valence-corrected chi connectivity index (χ0v) is 51.5. The van der Waals surface area contributed by atoms with Crippen molar-refractivity contribution < 1.29 is 24.5 Å². The van der Waals surface area contributed by atoms with Crippen LogP contribution in [0.1, 0.15) is 386 Å². The van der Waals surface area contributed by atoms with Gasteiger partial charge in [0, 0.05) is 12.8 Å². The van der Waals surface area contributed by atoms with Crippen LogP contribution >= 0.6 is 0 Å². The summed E-state index contributed by atoms with van der Waals surface area (Å²) in [6.07, 6.45) is 82.1. The Morgan fingerprint density at radius 3 is 0.934 bits per heavy atom. The molecule has 0 rings (SSSR count). The Bertz CT molecular complexity index is 1190. The molecule has 6 nitrogen and oxygen atoms in total. The number of aliphatic hydroxyl groups excluding tert-OH is 2. The van der Waals surface area contributed by atoms with Gasteiger partial charge >= 0.3 is 5.97 Å². The fourth-order valence-corrected chi connectivity index (χ4v) is 10.9. The highest BCUT2D eigenvalue weighted by Gasteiger charge is 2.20. The maximum absolute atomic E-state index is 12.5. The molecule has 0 saturated carbocycles. The molecule has 0 fully saturated rings. The minimum Gasteiger partial charge on any atom is -0.466 e. The lowest BCUT2D eigenvalue weighted by Gasteiger charge is -2.22. The number of aliphatic hydroxyl groups is 2. The molecule has 2 atom stereocenters. The predicted molar refractivity (Wildman–Crippen MR) is 333 cm³/mol. The number of rotatable bonds is 65. The van der Waals surface area contributed by atoms with Crippen LogP contribution in [0.5, 0.6) is 0 Å². The van der Waals surface area contributed by atoms with Crippen LogP contribution in [0, 0.1) is 0 Å². The van der Waals surface area contributed by atoms with E-state index in [4.69, 9.17) is 4.74 Å². The minimum atomic E-state index is -0.672. The van der Waals surface area contributed by atoms with E-state index in [1.807, 2.05) is 0 Å². The lowest BCUT2D eigenvalue weighted by molar-refractivity contribution is -0.143. The van der Waals surface area contributed by atoms with Crippen LogP contribution in [0.3, 0.4) is 0 Å². The van der Waals surface area contributed by atoms with E-state index >= 15 is 0 Å². The first-order valence-corrected chi connectivity index (χ1v) is 34.6. The Morgan fingerprint density at radius 2 is 0.618 bits per heavy atom. The number of ether oxygens (including phenoxy) is 1. The summed E-state index contributed by atoms with van der Waals surface area (Å²) in [4.78, 5) is 24.6. The first-order chi connectivity index (χ1) is 37.5. The van der Waals surface area contributed by atoms with Gasteiger partial charge in [0.25, 0.3) is 0 Å². The van der Waals surface area contributed by atoms with Crippen LogP contribution < -0.4 is 5.32 Å². The van der Waals surface area contributed by atoms with Crippen molar-refractivity contribution in [2.75, 3.05) is 13.2 Å². The quantitative estimate of drug-likeness (QED) is 0.0320. The third kappa shape index (κ3) is 61.6. The second-order valence-corrected chi connectivity index (χ2v) is 23.9. The van der Waals surface area contributed by atoms with Gasteiger partial charge in [0.05, 0.1) is 25.4 Å². The number of unbranched alkanes of at least 4 members (excludes halogenated alkanes) is 50. The maximum Gasteiger partial charge on any atom is 0.305 e. The number of amides is 1. The highest BCUT2D eigenvalue weighted by Crippen LogP contribution is 2.19.